The van der Waals surface area contributed by atoms with E-state index >= 15 is 0 Å². The van der Waals surface area contributed by atoms with Gasteiger partial charge in [-0.25, -0.2) is 9.18 Å². The molecule has 4 aliphatic carbocycles. The van der Waals surface area contributed by atoms with Gasteiger partial charge in [-0.2, -0.15) is 0 Å². The molecule has 6 heteroatoms. The van der Waals surface area contributed by atoms with Crippen molar-refractivity contribution < 1.29 is 14.0 Å². The van der Waals surface area contributed by atoms with E-state index in [1.165, 1.54) is 31.4 Å². The first-order chi connectivity index (χ1) is 13.8. The molecule has 4 aliphatic rings. The fourth-order valence-electron chi connectivity index (χ4n) is 6.32. The number of carbonyl (C=O) groups excluding carboxylic acids is 2. The van der Waals surface area contributed by atoms with Crippen LogP contribution in [0.25, 0.3) is 0 Å². The van der Waals surface area contributed by atoms with Crippen LogP contribution in [0.1, 0.15) is 64.0 Å². The Labute approximate surface area is 172 Å². The lowest BCUT2D eigenvalue weighted by molar-refractivity contribution is -0.119. The average Bonchev–Trinajstić information content (AvgIpc) is 2.61. The van der Waals surface area contributed by atoms with Crippen LogP contribution in [0, 0.1) is 29.5 Å². The van der Waals surface area contributed by atoms with Crippen molar-refractivity contribution >= 4 is 11.9 Å². The Morgan fingerprint density at radius 1 is 1.03 bits per heavy atom. The van der Waals surface area contributed by atoms with E-state index in [9.17, 15) is 14.0 Å². The van der Waals surface area contributed by atoms with Crippen molar-refractivity contribution in [2.24, 2.45) is 23.7 Å². The molecule has 4 bridgehead atoms. The summed E-state index contributed by atoms with van der Waals surface area (Å²) in [5, 5.41) is 8.87. The molecule has 1 aromatic rings. The molecule has 3 N–H and O–H groups in total. The third-order valence-corrected chi connectivity index (χ3v) is 7.05. The Morgan fingerprint density at radius 3 is 2.10 bits per heavy atom. The van der Waals surface area contributed by atoms with Crippen molar-refractivity contribution in [1.82, 2.24) is 16.0 Å². The fourth-order valence-corrected chi connectivity index (χ4v) is 6.32. The highest BCUT2D eigenvalue weighted by molar-refractivity contribution is 5.95. The number of hydrogen-bond donors (Lipinski definition) is 3. The third-order valence-electron chi connectivity index (χ3n) is 7.05. The Kier molecular flexibility index (Phi) is 5.65. The van der Waals surface area contributed by atoms with Crippen LogP contribution >= 0.6 is 0 Å². The number of benzene rings is 1. The molecule has 1 aromatic carbocycles. The van der Waals surface area contributed by atoms with Crippen molar-refractivity contribution in [2.75, 3.05) is 6.54 Å². The second kappa shape index (κ2) is 8.05. The number of hydrogen-bond acceptors (Lipinski definition) is 3. The van der Waals surface area contributed by atoms with E-state index in [0.717, 1.165) is 42.6 Å². The van der Waals surface area contributed by atoms with Gasteiger partial charge in [0.2, 0.25) is 5.91 Å². The monoisotopic (exact) mass is 401 g/mol. The van der Waals surface area contributed by atoms with E-state index < -0.39 is 0 Å². The maximum Gasteiger partial charge on any atom is 0.321 e. The predicted molar refractivity (Wildman–Crippen MR) is 110 cm³/mol. The van der Waals surface area contributed by atoms with E-state index in [1.807, 2.05) is 13.8 Å². The number of halogens is 1. The molecule has 4 fully saturated rings. The van der Waals surface area contributed by atoms with Crippen molar-refractivity contribution in [2.45, 2.75) is 64.0 Å². The Bertz CT molecular complexity index is 727. The zero-order chi connectivity index (χ0) is 20.6. The van der Waals surface area contributed by atoms with Crippen LogP contribution in [0.5, 0.6) is 0 Å². The quantitative estimate of drug-likeness (QED) is 0.677. The lowest BCUT2D eigenvalue weighted by Crippen LogP contribution is -2.62. The molecule has 158 valence electrons. The van der Waals surface area contributed by atoms with Crippen LogP contribution in [0.15, 0.2) is 24.3 Å². The maximum atomic E-state index is 13.2. The van der Waals surface area contributed by atoms with Crippen LogP contribution in [-0.4, -0.2) is 24.0 Å². The molecule has 0 unspecified atom stereocenters. The molecule has 0 aromatic heterocycles. The Balaban J connectivity index is 1.29. The van der Waals surface area contributed by atoms with Crippen LogP contribution < -0.4 is 16.0 Å². The zero-order valence-corrected chi connectivity index (χ0v) is 17.3. The number of amides is 3. The Hall–Kier alpha value is -1.95. The summed E-state index contributed by atoms with van der Waals surface area (Å²) in [5.41, 5.74) is 0.813. The normalized spacial score (nSPS) is 31.0. The highest BCUT2D eigenvalue weighted by Gasteiger charge is 2.51. The highest BCUT2D eigenvalue weighted by atomic mass is 19.1. The van der Waals surface area contributed by atoms with Gasteiger partial charge in [0.15, 0.2) is 0 Å². The summed E-state index contributed by atoms with van der Waals surface area (Å²) in [4.78, 5) is 24.9. The smallest absolute Gasteiger partial charge is 0.321 e. The van der Waals surface area contributed by atoms with Crippen LogP contribution in [0.4, 0.5) is 9.18 Å². The predicted octanol–water partition coefficient (Wildman–Crippen LogP) is 3.91. The molecule has 5 nitrogen and oxygen atoms in total. The molecule has 0 heterocycles. The van der Waals surface area contributed by atoms with E-state index in [0.29, 0.717) is 0 Å². The number of nitrogens with one attached hydrogen (secondary N) is 3. The van der Waals surface area contributed by atoms with Gasteiger partial charge < -0.3 is 10.6 Å². The first-order valence-electron chi connectivity index (χ1n) is 10.9. The van der Waals surface area contributed by atoms with Crippen LogP contribution in [0.3, 0.4) is 0 Å². The van der Waals surface area contributed by atoms with Crippen molar-refractivity contribution in [3.05, 3.63) is 35.6 Å². The lowest BCUT2D eigenvalue weighted by atomic mass is 9.53. The second-order valence-electron chi connectivity index (χ2n) is 9.85. The third kappa shape index (κ3) is 4.63. The van der Waals surface area contributed by atoms with Crippen molar-refractivity contribution in [3.8, 4) is 0 Å². The zero-order valence-electron chi connectivity index (χ0n) is 17.3. The lowest BCUT2D eigenvalue weighted by Gasteiger charge is -2.56. The van der Waals surface area contributed by atoms with Gasteiger partial charge in [0.05, 0.1) is 6.54 Å². The van der Waals surface area contributed by atoms with Crippen LogP contribution in [0.2, 0.25) is 0 Å². The summed E-state index contributed by atoms with van der Waals surface area (Å²) < 4.78 is 13.2. The molecule has 0 saturated heterocycles. The minimum atomic E-state index is -0.373. The van der Waals surface area contributed by atoms with Gasteiger partial charge in [-0.05, 0) is 79.9 Å². The SMILES string of the molecule is CC(C)[C@@H](NCC(=O)NC(=O)NC12CC3CC(CC(C3)C1)C2)c1ccc(F)cc1. The number of urea groups is 1. The molecule has 5 rings (SSSR count). The van der Waals surface area contributed by atoms with Crippen LogP contribution in [-0.2, 0) is 4.79 Å². The Morgan fingerprint density at radius 2 is 1.59 bits per heavy atom. The largest absolute Gasteiger partial charge is 0.332 e. The van der Waals surface area contributed by atoms with Gasteiger partial charge in [0.1, 0.15) is 5.82 Å². The van der Waals surface area contributed by atoms with Gasteiger partial charge >= 0.3 is 6.03 Å². The molecular formula is C23H32FN3O2. The molecule has 0 radical (unpaired) electrons. The number of carbonyl (C=O) groups is 2. The molecule has 0 spiro atoms. The van der Waals surface area contributed by atoms with Gasteiger partial charge in [-0.15, -0.1) is 0 Å². The summed E-state index contributed by atoms with van der Waals surface area (Å²) in [6.45, 7) is 4.12. The topological polar surface area (TPSA) is 70.2 Å². The maximum absolute atomic E-state index is 13.2. The van der Waals surface area contributed by atoms with E-state index in [2.05, 4.69) is 16.0 Å². The van der Waals surface area contributed by atoms with E-state index in [1.54, 1.807) is 12.1 Å². The number of rotatable bonds is 6. The van der Waals surface area contributed by atoms with Gasteiger partial charge in [0.25, 0.3) is 0 Å². The summed E-state index contributed by atoms with van der Waals surface area (Å²) >= 11 is 0. The molecule has 3 amide bonds. The minimum absolute atomic E-state index is 0.0362. The molecule has 29 heavy (non-hydrogen) atoms. The summed E-state index contributed by atoms with van der Waals surface area (Å²) in [5.74, 6) is 1.80. The van der Waals surface area contributed by atoms with Crippen molar-refractivity contribution in [3.63, 3.8) is 0 Å². The number of imide groups is 1. The van der Waals surface area contributed by atoms with Gasteiger partial charge in [0, 0.05) is 11.6 Å². The first-order valence-corrected chi connectivity index (χ1v) is 10.9. The molecular weight excluding hydrogens is 369 g/mol. The first kappa shape index (κ1) is 20.3. The molecule has 1 atom stereocenters. The summed E-state index contributed by atoms with van der Waals surface area (Å²) in [6.07, 6.45) is 7.10. The molecule has 4 saturated carbocycles. The minimum Gasteiger partial charge on any atom is -0.332 e. The van der Waals surface area contributed by atoms with E-state index in [-0.39, 0.29) is 41.8 Å². The van der Waals surface area contributed by atoms with Gasteiger partial charge in [-0.3, -0.25) is 10.1 Å². The standard InChI is InChI=1S/C23H32FN3O2/c1-14(2)21(18-3-5-19(24)6-4-18)25-13-20(28)26-22(29)27-23-10-15-7-16(11-23)9-17(8-15)12-23/h3-6,14-17,21,25H,7-13H2,1-2H3,(H2,26,27,28,29)/t15?,16?,17?,21-,23?/m1/s1. The highest BCUT2D eigenvalue weighted by Crippen LogP contribution is 2.55. The van der Waals surface area contributed by atoms with Crippen molar-refractivity contribution in [1.29, 1.82) is 0 Å². The average molecular weight is 402 g/mol. The summed E-state index contributed by atoms with van der Waals surface area (Å²) in [7, 11) is 0. The van der Waals surface area contributed by atoms with E-state index in [4.69, 9.17) is 0 Å². The summed E-state index contributed by atoms with van der Waals surface area (Å²) in [6, 6.07) is 5.83. The van der Waals surface area contributed by atoms with Gasteiger partial charge in [-0.1, -0.05) is 26.0 Å². The fraction of sp³-hybridized carbons (Fsp3) is 0.652. The molecule has 0 aliphatic heterocycles. The second-order valence-corrected chi connectivity index (χ2v) is 9.85.